The molecule has 0 unspecified atom stereocenters. The maximum Gasteiger partial charge on any atom is 0.162 e. The summed E-state index contributed by atoms with van der Waals surface area (Å²) in [6, 6.07) is 13.3. The topological polar surface area (TPSA) is 63.3 Å². The summed E-state index contributed by atoms with van der Waals surface area (Å²) < 4.78 is 6.10. The van der Waals surface area contributed by atoms with E-state index in [9.17, 15) is 9.90 Å². The van der Waals surface area contributed by atoms with Crippen molar-refractivity contribution in [2.45, 2.75) is 79.1 Å². The molecule has 4 nitrogen and oxygen atoms in total. The first kappa shape index (κ1) is 29.0. The van der Waals surface area contributed by atoms with Crippen molar-refractivity contribution in [1.82, 2.24) is 4.98 Å². The average Bonchev–Trinajstić information content (AvgIpc) is 3.25. The number of allylic oxidation sites excluding steroid dienone is 2. The van der Waals surface area contributed by atoms with Gasteiger partial charge in [0.2, 0.25) is 0 Å². The Morgan fingerprint density at radius 3 is 2.37 bits per heavy atom. The zero-order valence-electron chi connectivity index (χ0n) is 21.4. The SMILES string of the molecule is CCC(CC)C(=O)/C=C(\O)C(CC)CC.[Ir].[c-]1ccc2c3c(oc2c1-c1ccccn1)CCCC3. The first-order valence-electron chi connectivity index (χ1n) is 12.8. The van der Waals surface area contributed by atoms with Crippen molar-refractivity contribution >= 4 is 16.8 Å². The van der Waals surface area contributed by atoms with Gasteiger partial charge in [-0.2, -0.15) is 0 Å². The number of furan rings is 1. The Bertz CT molecular complexity index is 1100. The predicted octanol–water partition coefficient (Wildman–Crippen LogP) is 8.04. The quantitative estimate of drug-likeness (QED) is 0.152. The molecule has 1 N–H and O–H groups in total. The van der Waals surface area contributed by atoms with Gasteiger partial charge in [-0.3, -0.25) is 4.79 Å². The molecule has 3 aromatic rings. The summed E-state index contributed by atoms with van der Waals surface area (Å²) in [6.45, 7) is 8.07. The van der Waals surface area contributed by atoms with Crippen LogP contribution in [0.25, 0.3) is 22.2 Å². The molecule has 0 amide bonds. The van der Waals surface area contributed by atoms with E-state index in [1.165, 1.54) is 29.9 Å². The second-order valence-corrected chi connectivity index (χ2v) is 9.02. The molecule has 1 aromatic carbocycles. The van der Waals surface area contributed by atoms with Gasteiger partial charge >= 0.3 is 0 Å². The summed E-state index contributed by atoms with van der Waals surface area (Å²) in [5, 5.41) is 11.0. The van der Waals surface area contributed by atoms with Gasteiger partial charge in [0.05, 0.1) is 17.1 Å². The Morgan fingerprint density at radius 1 is 1.06 bits per heavy atom. The molecular formula is C30H38IrNO3-. The van der Waals surface area contributed by atoms with E-state index >= 15 is 0 Å². The summed E-state index contributed by atoms with van der Waals surface area (Å²) in [5.74, 6) is 1.71. The van der Waals surface area contributed by atoms with Gasteiger partial charge in [-0.25, -0.2) is 0 Å². The number of ketones is 1. The molecule has 0 spiro atoms. The number of fused-ring (bicyclic) bond motifs is 3. The smallest absolute Gasteiger partial charge is 0.162 e. The van der Waals surface area contributed by atoms with Crippen LogP contribution in [-0.2, 0) is 37.7 Å². The number of aryl methyl sites for hydroxylation is 2. The van der Waals surface area contributed by atoms with E-state index in [0.717, 1.165) is 61.1 Å². The molecule has 35 heavy (non-hydrogen) atoms. The Balaban J connectivity index is 0.000000249. The number of carbonyl (C=O) groups excluding carboxylic acids is 1. The number of carbonyl (C=O) groups is 1. The second kappa shape index (κ2) is 14.4. The molecule has 5 heteroatoms. The Labute approximate surface area is 223 Å². The van der Waals surface area contributed by atoms with Gasteiger partial charge < -0.3 is 14.5 Å². The molecule has 2 aromatic heterocycles. The van der Waals surface area contributed by atoms with Crippen molar-refractivity contribution in [3.8, 4) is 11.3 Å². The fourth-order valence-corrected chi connectivity index (χ4v) is 4.71. The predicted molar refractivity (Wildman–Crippen MR) is 139 cm³/mol. The molecule has 1 aliphatic carbocycles. The minimum absolute atomic E-state index is 0. The zero-order valence-corrected chi connectivity index (χ0v) is 23.8. The van der Waals surface area contributed by atoms with Crippen LogP contribution in [-0.4, -0.2) is 15.9 Å². The fourth-order valence-electron chi connectivity index (χ4n) is 4.71. The molecule has 191 valence electrons. The summed E-state index contributed by atoms with van der Waals surface area (Å²) in [5.41, 5.74) is 4.26. The summed E-state index contributed by atoms with van der Waals surface area (Å²) in [7, 11) is 0. The standard InChI is InChI=1S/C17H14NO.C13H24O2.Ir/c1-2-10-16-12(6-1)13-7-5-8-14(17(13)19-16)15-9-3-4-11-18-15;1-5-10(6-2)12(14)9-13(15)11(7-3)8-4;/h3-5,7,9,11H,1-2,6,10H2;9-11,14H,5-8H2,1-4H3;/q-1;;/b;12-9-;. The van der Waals surface area contributed by atoms with Crippen LogP contribution < -0.4 is 0 Å². The molecule has 1 aliphatic rings. The third kappa shape index (κ3) is 7.15. The van der Waals surface area contributed by atoms with E-state index in [-0.39, 0.29) is 43.5 Å². The number of rotatable bonds is 8. The molecule has 4 rings (SSSR count). The van der Waals surface area contributed by atoms with Crippen molar-refractivity contribution in [2.75, 3.05) is 0 Å². The molecular weight excluding hydrogens is 615 g/mol. The Morgan fingerprint density at radius 2 is 1.74 bits per heavy atom. The summed E-state index contributed by atoms with van der Waals surface area (Å²) in [6.07, 6.45) is 11.4. The maximum atomic E-state index is 11.7. The van der Waals surface area contributed by atoms with E-state index in [1.807, 2.05) is 58.2 Å². The number of aliphatic hydroxyl groups is 1. The van der Waals surface area contributed by atoms with Crippen LogP contribution in [0.1, 0.15) is 77.5 Å². The molecule has 0 saturated heterocycles. The van der Waals surface area contributed by atoms with Crippen LogP contribution in [0.3, 0.4) is 0 Å². The fraction of sp³-hybridized carbons (Fsp3) is 0.467. The molecule has 1 radical (unpaired) electrons. The average molecular weight is 653 g/mol. The van der Waals surface area contributed by atoms with Crippen molar-refractivity contribution < 1.29 is 34.4 Å². The van der Waals surface area contributed by atoms with E-state index in [2.05, 4.69) is 17.1 Å². The summed E-state index contributed by atoms with van der Waals surface area (Å²) >= 11 is 0. The van der Waals surface area contributed by atoms with Crippen LogP contribution in [0.4, 0.5) is 0 Å². The van der Waals surface area contributed by atoms with E-state index in [4.69, 9.17) is 4.42 Å². The van der Waals surface area contributed by atoms with Crippen LogP contribution >= 0.6 is 0 Å². The number of hydrogen-bond donors (Lipinski definition) is 1. The molecule has 0 atom stereocenters. The normalized spacial score (nSPS) is 13.3. The largest absolute Gasteiger partial charge is 0.512 e. The molecule has 0 bridgehead atoms. The number of aliphatic hydroxyl groups excluding tert-OH is 1. The van der Waals surface area contributed by atoms with E-state index < -0.39 is 0 Å². The van der Waals surface area contributed by atoms with Gasteiger partial charge in [0, 0.05) is 50.6 Å². The Hall–Kier alpha value is -2.23. The van der Waals surface area contributed by atoms with Crippen LogP contribution in [0.5, 0.6) is 0 Å². The second-order valence-electron chi connectivity index (χ2n) is 9.02. The van der Waals surface area contributed by atoms with E-state index in [1.54, 1.807) is 0 Å². The maximum absolute atomic E-state index is 11.7. The van der Waals surface area contributed by atoms with Gasteiger partial charge in [-0.15, -0.1) is 18.2 Å². The monoisotopic (exact) mass is 653 g/mol. The minimum atomic E-state index is 0. The molecule has 2 heterocycles. The van der Waals surface area contributed by atoms with Crippen LogP contribution in [0, 0.1) is 17.9 Å². The molecule has 0 aliphatic heterocycles. The van der Waals surface area contributed by atoms with Crippen LogP contribution in [0.2, 0.25) is 0 Å². The third-order valence-corrected chi connectivity index (χ3v) is 6.92. The van der Waals surface area contributed by atoms with E-state index in [0.29, 0.717) is 0 Å². The third-order valence-electron chi connectivity index (χ3n) is 6.92. The van der Waals surface area contributed by atoms with Gasteiger partial charge in [-0.1, -0.05) is 50.8 Å². The van der Waals surface area contributed by atoms with Crippen molar-refractivity contribution in [1.29, 1.82) is 0 Å². The van der Waals surface area contributed by atoms with Crippen molar-refractivity contribution in [3.63, 3.8) is 0 Å². The number of nitrogens with zero attached hydrogens (tertiary/aromatic N) is 1. The van der Waals surface area contributed by atoms with Crippen molar-refractivity contribution in [3.05, 3.63) is 65.8 Å². The number of pyridine rings is 1. The molecule has 0 fully saturated rings. The first-order chi connectivity index (χ1) is 16.5. The van der Waals surface area contributed by atoms with Gasteiger partial charge in [0.1, 0.15) is 0 Å². The number of benzene rings is 1. The zero-order chi connectivity index (χ0) is 24.5. The Kier molecular flexibility index (Phi) is 11.9. The molecule has 0 saturated carbocycles. The van der Waals surface area contributed by atoms with Crippen LogP contribution in [0.15, 0.2) is 52.8 Å². The van der Waals surface area contributed by atoms with Gasteiger partial charge in [-0.05, 0) is 62.3 Å². The number of aromatic nitrogens is 1. The van der Waals surface area contributed by atoms with Gasteiger partial charge in [0.15, 0.2) is 5.78 Å². The summed E-state index contributed by atoms with van der Waals surface area (Å²) in [4.78, 5) is 16.1. The van der Waals surface area contributed by atoms with Gasteiger partial charge in [0.25, 0.3) is 0 Å². The van der Waals surface area contributed by atoms with Crippen molar-refractivity contribution in [2.24, 2.45) is 11.8 Å². The first-order valence-corrected chi connectivity index (χ1v) is 12.8. The number of hydrogen-bond acceptors (Lipinski definition) is 4. The minimum Gasteiger partial charge on any atom is -0.512 e.